The second kappa shape index (κ2) is 5.27. The zero-order chi connectivity index (χ0) is 12.3. The molecule has 0 saturated heterocycles. The molecule has 0 bridgehead atoms. The normalized spacial score (nSPS) is 15.0. The van der Waals surface area contributed by atoms with E-state index in [0.29, 0.717) is 6.04 Å². The molecule has 0 radical (unpaired) electrons. The molecule has 2 aromatic heterocycles. The predicted molar refractivity (Wildman–Crippen MR) is 68.9 cm³/mol. The van der Waals surface area contributed by atoms with Crippen molar-refractivity contribution in [3.8, 4) is 0 Å². The van der Waals surface area contributed by atoms with Gasteiger partial charge in [0.1, 0.15) is 0 Å². The molecule has 2 aromatic rings. The van der Waals surface area contributed by atoms with E-state index in [1.54, 1.807) is 0 Å². The zero-order valence-corrected chi connectivity index (χ0v) is 10.7. The van der Waals surface area contributed by atoms with Crippen LogP contribution in [-0.2, 0) is 0 Å². The fourth-order valence-corrected chi connectivity index (χ4v) is 2.17. The second-order valence-corrected chi connectivity index (χ2v) is 4.57. The van der Waals surface area contributed by atoms with Crippen LogP contribution in [0.4, 0.5) is 0 Å². The van der Waals surface area contributed by atoms with Crippen molar-refractivity contribution in [2.45, 2.75) is 45.7 Å². The van der Waals surface area contributed by atoms with E-state index in [0.717, 1.165) is 11.5 Å². The van der Waals surface area contributed by atoms with E-state index in [4.69, 9.17) is 0 Å². The minimum absolute atomic E-state index is 0.217. The van der Waals surface area contributed by atoms with Crippen molar-refractivity contribution < 1.29 is 0 Å². The largest absolute Gasteiger partial charge is 0.305 e. The van der Waals surface area contributed by atoms with Crippen LogP contribution in [0.1, 0.15) is 45.5 Å². The minimum Gasteiger partial charge on any atom is -0.305 e. The van der Waals surface area contributed by atoms with E-state index in [9.17, 15) is 0 Å². The minimum atomic E-state index is 0.217. The van der Waals surface area contributed by atoms with Crippen LogP contribution in [-0.4, -0.2) is 20.6 Å². The molecule has 0 aromatic carbocycles. The lowest BCUT2D eigenvalue weighted by Gasteiger charge is -2.18. The third kappa shape index (κ3) is 2.64. The van der Waals surface area contributed by atoms with Gasteiger partial charge in [0.05, 0.1) is 6.04 Å². The topological polar surface area (TPSA) is 42.2 Å². The molecule has 2 rings (SSSR count). The standard InChI is InChI=1S/C13H20N4/c1-4-7-10(2)14-11(3)13-16-15-12-8-5-6-9-17(12)13/h5-6,8-11,14H,4,7H2,1-3H3. The SMILES string of the molecule is CCCC(C)NC(C)c1nnc2ccccn12. The fourth-order valence-electron chi connectivity index (χ4n) is 2.17. The van der Waals surface area contributed by atoms with Crippen molar-refractivity contribution >= 4 is 5.65 Å². The Bertz CT molecular complexity index is 477. The van der Waals surface area contributed by atoms with Crippen LogP contribution in [0.3, 0.4) is 0 Å². The molecule has 0 amide bonds. The van der Waals surface area contributed by atoms with Crippen LogP contribution < -0.4 is 5.32 Å². The summed E-state index contributed by atoms with van der Waals surface area (Å²) in [5, 5.41) is 12.0. The van der Waals surface area contributed by atoms with Crippen LogP contribution >= 0.6 is 0 Å². The van der Waals surface area contributed by atoms with E-state index in [1.807, 2.05) is 28.8 Å². The molecule has 2 unspecified atom stereocenters. The van der Waals surface area contributed by atoms with E-state index in [2.05, 4.69) is 36.3 Å². The Morgan fingerprint density at radius 1 is 1.29 bits per heavy atom. The summed E-state index contributed by atoms with van der Waals surface area (Å²) in [4.78, 5) is 0. The Balaban J connectivity index is 2.16. The average Bonchev–Trinajstić information content (AvgIpc) is 2.72. The summed E-state index contributed by atoms with van der Waals surface area (Å²) >= 11 is 0. The summed E-state index contributed by atoms with van der Waals surface area (Å²) < 4.78 is 2.04. The van der Waals surface area contributed by atoms with E-state index in [1.165, 1.54) is 12.8 Å². The highest BCUT2D eigenvalue weighted by Crippen LogP contribution is 2.13. The molecule has 0 aliphatic rings. The number of fused-ring (bicyclic) bond motifs is 1. The number of aromatic nitrogens is 3. The van der Waals surface area contributed by atoms with Crippen molar-refractivity contribution in [1.29, 1.82) is 0 Å². The Morgan fingerprint density at radius 3 is 2.88 bits per heavy atom. The summed E-state index contributed by atoms with van der Waals surface area (Å²) in [5.41, 5.74) is 0.902. The maximum atomic E-state index is 4.26. The van der Waals surface area contributed by atoms with Gasteiger partial charge in [-0.3, -0.25) is 4.40 Å². The molecule has 0 aliphatic carbocycles. The summed E-state index contributed by atoms with van der Waals surface area (Å²) in [6.45, 7) is 6.55. The van der Waals surface area contributed by atoms with Gasteiger partial charge < -0.3 is 5.32 Å². The van der Waals surface area contributed by atoms with Crippen molar-refractivity contribution in [2.75, 3.05) is 0 Å². The molecule has 2 heterocycles. The van der Waals surface area contributed by atoms with Crippen LogP contribution in [0.25, 0.3) is 5.65 Å². The molecule has 2 atom stereocenters. The second-order valence-electron chi connectivity index (χ2n) is 4.57. The Hall–Kier alpha value is -1.42. The first-order valence-electron chi connectivity index (χ1n) is 6.28. The highest BCUT2D eigenvalue weighted by Gasteiger charge is 2.14. The van der Waals surface area contributed by atoms with Gasteiger partial charge in [-0.25, -0.2) is 0 Å². The van der Waals surface area contributed by atoms with Crippen molar-refractivity contribution in [3.05, 3.63) is 30.2 Å². The van der Waals surface area contributed by atoms with Crippen LogP contribution in [0.15, 0.2) is 24.4 Å². The van der Waals surface area contributed by atoms with Gasteiger partial charge in [0.15, 0.2) is 11.5 Å². The maximum Gasteiger partial charge on any atom is 0.160 e. The first-order chi connectivity index (χ1) is 8.22. The van der Waals surface area contributed by atoms with E-state index < -0.39 is 0 Å². The van der Waals surface area contributed by atoms with Gasteiger partial charge in [-0.05, 0) is 32.4 Å². The van der Waals surface area contributed by atoms with Crippen LogP contribution in [0, 0.1) is 0 Å². The third-order valence-corrected chi connectivity index (χ3v) is 2.98. The van der Waals surface area contributed by atoms with Gasteiger partial charge in [0, 0.05) is 12.2 Å². The molecule has 4 heteroatoms. The van der Waals surface area contributed by atoms with Gasteiger partial charge in [-0.2, -0.15) is 0 Å². The van der Waals surface area contributed by atoms with Gasteiger partial charge in [0.25, 0.3) is 0 Å². The van der Waals surface area contributed by atoms with E-state index in [-0.39, 0.29) is 6.04 Å². The van der Waals surface area contributed by atoms with Gasteiger partial charge in [-0.1, -0.05) is 19.4 Å². The molecule has 1 N–H and O–H groups in total. The first kappa shape index (κ1) is 12.0. The summed E-state index contributed by atoms with van der Waals surface area (Å²) in [6, 6.07) is 6.67. The lowest BCUT2D eigenvalue weighted by Crippen LogP contribution is -2.29. The highest BCUT2D eigenvalue weighted by molar-refractivity contribution is 5.37. The monoisotopic (exact) mass is 232 g/mol. The van der Waals surface area contributed by atoms with Crippen molar-refractivity contribution in [2.24, 2.45) is 0 Å². The maximum absolute atomic E-state index is 4.26. The molecule has 0 saturated carbocycles. The molecule has 0 fully saturated rings. The average molecular weight is 232 g/mol. The lowest BCUT2D eigenvalue weighted by molar-refractivity contribution is 0.438. The fraction of sp³-hybridized carbons (Fsp3) is 0.538. The number of nitrogens with one attached hydrogen (secondary N) is 1. The zero-order valence-electron chi connectivity index (χ0n) is 10.7. The van der Waals surface area contributed by atoms with Crippen molar-refractivity contribution in [3.63, 3.8) is 0 Å². The highest BCUT2D eigenvalue weighted by atomic mass is 15.3. The Labute approximate surface area is 102 Å². The smallest absolute Gasteiger partial charge is 0.160 e. The summed E-state index contributed by atoms with van der Waals surface area (Å²) in [7, 11) is 0. The van der Waals surface area contributed by atoms with Crippen molar-refractivity contribution in [1.82, 2.24) is 19.9 Å². The molecular formula is C13H20N4. The predicted octanol–water partition coefficient (Wildman–Crippen LogP) is 2.57. The number of hydrogen-bond donors (Lipinski definition) is 1. The number of hydrogen-bond acceptors (Lipinski definition) is 3. The Kier molecular flexibility index (Phi) is 3.74. The number of nitrogens with zero attached hydrogens (tertiary/aromatic N) is 3. The number of pyridine rings is 1. The van der Waals surface area contributed by atoms with Gasteiger partial charge in [-0.15, -0.1) is 10.2 Å². The molecule has 0 spiro atoms. The molecule has 4 nitrogen and oxygen atoms in total. The first-order valence-corrected chi connectivity index (χ1v) is 6.28. The summed E-state index contributed by atoms with van der Waals surface area (Å²) in [6.07, 6.45) is 4.38. The molecule has 92 valence electrons. The van der Waals surface area contributed by atoms with Crippen LogP contribution in [0.5, 0.6) is 0 Å². The van der Waals surface area contributed by atoms with E-state index >= 15 is 0 Å². The molecule has 0 aliphatic heterocycles. The lowest BCUT2D eigenvalue weighted by atomic mass is 10.1. The molecule has 17 heavy (non-hydrogen) atoms. The third-order valence-electron chi connectivity index (χ3n) is 2.98. The number of rotatable bonds is 5. The summed E-state index contributed by atoms with van der Waals surface area (Å²) in [5.74, 6) is 0.976. The molecular weight excluding hydrogens is 212 g/mol. The van der Waals surface area contributed by atoms with Gasteiger partial charge in [0.2, 0.25) is 0 Å². The quantitative estimate of drug-likeness (QED) is 0.861. The van der Waals surface area contributed by atoms with Gasteiger partial charge >= 0.3 is 0 Å². The van der Waals surface area contributed by atoms with Crippen LogP contribution in [0.2, 0.25) is 0 Å². The Morgan fingerprint density at radius 2 is 2.12 bits per heavy atom.